The highest BCUT2D eigenvalue weighted by molar-refractivity contribution is 6.43. The van der Waals surface area contributed by atoms with Gasteiger partial charge in [-0.25, -0.2) is 0 Å². The van der Waals surface area contributed by atoms with Gasteiger partial charge in [0.25, 0.3) is 11.5 Å². The van der Waals surface area contributed by atoms with E-state index in [1.165, 1.54) is 12.1 Å². The van der Waals surface area contributed by atoms with Crippen LogP contribution in [-0.2, 0) is 4.79 Å². The second-order valence-electron chi connectivity index (χ2n) is 5.23. The van der Waals surface area contributed by atoms with E-state index in [4.69, 9.17) is 0 Å². The lowest BCUT2D eigenvalue weighted by atomic mass is 9.96. The fourth-order valence-electron chi connectivity index (χ4n) is 2.44. The zero-order chi connectivity index (χ0) is 15.9. The first-order valence-corrected chi connectivity index (χ1v) is 6.73. The fourth-order valence-corrected chi connectivity index (χ4v) is 2.44. The molecule has 2 N–H and O–H groups in total. The Morgan fingerprint density at radius 3 is 1.95 bits per heavy atom. The van der Waals surface area contributed by atoms with Gasteiger partial charge in [0.1, 0.15) is 0 Å². The van der Waals surface area contributed by atoms with Gasteiger partial charge in [0.2, 0.25) is 11.6 Å². The van der Waals surface area contributed by atoms with Crippen molar-refractivity contribution in [1.82, 2.24) is 0 Å². The van der Waals surface area contributed by atoms with Crippen molar-refractivity contribution in [3.63, 3.8) is 0 Å². The van der Waals surface area contributed by atoms with Gasteiger partial charge in [-0.2, -0.15) is 0 Å². The largest absolute Gasteiger partial charge is 0.367 e. The van der Waals surface area contributed by atoms with Gasteiger partial charge in [0, 0.05) is 16.8 Å². The SMILES string of the molecule is Cc1ccc(NC(=O)C2(O)C(=O)c3ccccc3C2=O)cc1. The number of aryl methyl sites for hydroxylation is 1. The van der Waals surface area contributed by atoms with E-state index in [1.54, 1.807) is 36.4 Å². The number of hydrogen-bond acceptors (Lipinski definition) is 4. The van der Waals surface area contributed by atoms with Crippen molar-refractivity contribution in [3.8, 4) is 0 Å². The number of carbonyl (C=O) groups is 3. The molecule has 22 heavy (non-hydrogen) atoms. The Balaban J connectivity index is 1.94. The number of carbonyl (C=O) groups excluding carboxylic acids is 3. The lowest BCUT2D eigenvalue weighted by molar-refractivity contribution is -0.126. The maximum Gasteiger partial charge on any atom is 0.272 e. The number of anilines is 1. The summed E-state index contributed by atoms with van der Waals surface area (Å²) in [4.78, 5) is 36.9. The maximum atomic E-state index is 12.3. The molecule has 2 aromatic carbocycles. The van der Waals surface area contributed by atoms with Crippen molar-refractivity contribution in [2.75, 3.05) is 5.32 Å². The van der Waals surface area contributed by atoms with E-state index >= 15 is 0 Å². The van der Waals surface area contributed by atoms with Crippen LogP contribution in [0, 0.1) is 6.92 Å². The first-order chi connectivity index (χ1) is 10.4. The van der Waals surface area contributed by atoms with Crippen LogP contribution in [0.1, 0.15) is 26.3 Å². The van der Waals surface area contributed by atoms with Crippen LogP contribution in [0.5, 0.6) is 0 Å². The molecule has 110 valence electrons. The van der Waals surface area contributed by atoms with Crippen LogP contribution in [0.3, 0.4) is 0 Å². The normalized spacial score (nSPS) is 15.5. The Hall–Kier alpha value is -2.79. The van der Waals surface area contributed by atoms with E-state index < -0.39 is 23.1 Å². The quantitative estimate of drug-likeness (QED) is 0.827. The molecule has 5 nitrogen and oxygen atoms in total. The Morgan fingerprint density at radius 1 is 0.955 bits per heavy atom. The summed E-state index contributed by atoms with van der Waals surface area (Å²) < 4.78 is 0. The van der Waals surface area contributed by atoms with Crippen molar-refractivity contribution < 1.29 is 19.5 Å². The van der Waals surface area contributed by atoms with E-state index in [1.807, 2.05) is 6.92 Å². The minimum Gasteiger partial charge on any atom is -0.367 e. The molecule has 3 rings (SSSR count). The highest BCUT2D eigenvalue weighted by Gasteiger charge is 2.57. The predicted octanol–water partition coefficient (Wildman–Crippen LogP) is 1.74. The average molecular weight is 295 g/mol. The minimum absolute atomic E-state index is 0.0639. The number of hydrogen-bond donors (Lipinski definition) is 2. The van der Waals surface area contributed by atoms with Crippen LogP contribution in [0.15, 0.2) is 48.5 Å². The number of benzene rings is 2. The Labute approximate surface area is 126 Å². The summed E-state index contributed by atoms with van der Waals surface area (Å²) in [7, 11) is 0. The molecule has 0 radical (unpaired) electrons. The summed E-state index contributed by atoms with van der Waals surface area (Å²) >= 11 is 0. The second-order valence-corrected chi connectivity index (χ2v) is 5.23. The van der Waals surface area contributed by atoms with Crippen LogP contribution < -0.4 is 5.32 Å². The number of fused-ring (bicyclic) bond motifs is 1. The number of Topliss-reactive ketones (excluding diaryl/α,β-unsaturated/α-hetero) is 2. The van der Waals surface area contributed by atoms with Crippen molar-refractivity contribution in [2.45, 2.75) is 12.5 Å². The molecule has 1 aliphatic carbocycles. The topological polar surface area (TPSA) is 83.5 Å². The monoisotopic (exact) mass is 295 g/mol. The molecule has 1 aliphatic rings. The molecule has 0 aromatic heterocycles. The van der Waals surface area contributed by atoms with Gasteiger partial charge in [-0.3, -0.25) is 14.4 Å². The molecule has 0 saturated heterocycles. The Kier molecular flexibility index (Phi) is 3.15. The van der Waals surface area contributed by atoms with Crippen molar-refractivity contribution in [1.29, 1.82) is 0 Å². The fraction of sp³-hybridized carbons (Fsp3) is 0.118. The molecule has 0 bridgehead atoms. The highest BCUT2D eigenvalue weighted by Crippen LogP contribution is 2.31. The number of amides is 1. The zero-order valence-corrected chi connectivity index (χ0v) is 11.8. The van der Waals surface area contributed by atoms with Gasteiger partial charge >= 0.3 is 0 Å². The predicted molar refractivity (Wildman–Crippen MR) is 79.9 cm³/mol. The number of aliphatic hydroxyl groups is 1. The van der Waals surface area contributed by atoms with E-state index in [0.29, 0.717) is 5.69 Å². The van der Waals surface area contributed by atoms with Gasteiger partial charge < -0.3 is 10.4 Å². The molecule has 0 unspecified atom stereocenters. The van der Waals surface area contributed by atoms with E-state index in [-0.39, 0.29) is 11.1 Å². The van der Waals surface area contributed by atoms with Gasteiger partial charge in [0.05, 0.1) is 0 Å². The molecule has 5 heteroatoms. The summed E-state index contributed by atoms with van der Waals surface area (Å²) in [6.45, 7) is 1.89. The van der Waals surface area contributed by atoms with E-state index in [2.05, 4.69) is 5.32 Å². The lowest BCUT2D eigenvalue weighted by Crippen LogP contribution is -2.52. The van der Waals surface area contributed by atoms with Gasteiger partial charge in [-0.15, -0.1) is 0 Å². The maximum absolute atomic E-state index is 12.3. The minimum atomic E-state index is -2.70. The van der Waals surface area contributed by atoms with Crippen LogP contribution in [0.4, 0.5) is 5.69 Å². The molecule has 0 atom stereocenters. The van der Waals surface area contributed by atoms with Crippen LogP contribution in [0.2, 0.25) is 0 Å². The Morgan fingerprint density at radius 2 is 1.45 bits per heavy atom. The molecule has 0 fully saturated rings. The molecule has 0 aliphatic heterocycles. The summed E-state index contributed by atoms with van der Waals surface area (Å²) in [6.07, 6.45) is 0. The van der Waals surface area contributed by atoms with E-state index in [9.17, 15) is 19.5 Å². The molecule has 0 heterocycles. The molecule has 2 aromatic rings. The van der Waals surface area contributed by atoms with Gasteiger partial charge in [-0.05, 0) is 19.1 Å². The summed E-state index contributed by atoms with van der Waals surface area (Å²) in [5, 5.41) is 12.8. The molecule has 1 amide bonds. The standard InChI is InChI=1S/C17H13NO4/c1-10-6-8-11(9-7-10)18-16(21)17(22)14(19)12-4-2-3-5-13(12)15(17)20/h2-9,22H,1H3,(H,18,21). The van der Waals surface area contributed by atoms with Crippen LogP contribution >= 0.6 is 0 Å². The number of nitrogens with one attached hydrogen (secondary N) is 1. The highest BCUT2D eigenvalue weighted by atomic mass is 16.3. The molecular weight excluding hydrogens is 282 g/mol. The lowest BCUT2D eigenvalue weighted by Gasteiger charge is -2.18. The van der Waals surface area contributed by atoms with E-state index in [0.717, 1.165) is 5.56 Å². The first-order valence-electron chi connectivity index (χ1n) is 6.73. The van der Waals surface area contributed by atoms with Crippen molar-refractivity contribution >= 4 is 23.2 Å². The third-order valence-corrected chi connectivity index (χ3v) is 3.71. The number of ketones is 2. The smallest absolute Gasteiger partial charge is 0.272 e. The first kappa shape index (κ1) is 14.2. The average Bonchev–Trinajstić information content (AvgIpc) is 2.73. The molecule has 0 spiro atoms. The summed E-state index contributed by atoms with van der Waals surface area (Å²) in [5.74, 6) is -2.82. The number of rotatable bonds is 2. The molecular formula is C17H13NO4. The second kappa shape index (κ2) is 4.89. The third-order valence-electron chi connectivity index (χ3n) is 3.71. The van der Waals surface area contributed by atoms with Gasteiger partial charge in [-0.1, -0.05) is 42.0 Å². The summed E-state index contributed by atoms with van der Waals surface area (Å²) in [6, 6.07) is 12.8. The van der Waals surface area contributed by atoms with Crippen molar-refractivity contribution in [2.24, 2.45) is 0 Å². The Bertz CT molecular complexity index is 758. The van der Waals surface area contributed by atoms with Crippen molar-refractivity contribution in [3.05, 3.63) is 65.2 Å². The molecule has 0 saturated carbocycles. The van der Waals surface area contributed by atoms with Crippen LogP contribution in [-0.4, -0.2) is 28.2 Å². The third kappa shape index (κ3) is 1.95. The van der Waals surface area contributed by atoms with Crippen LogP contribution in [0.25, 0.3) is 0 Å². The summed E-state index contributed by atoms with van der Waals surface area (Å²) in [5.41, 5.74) is -1.17. The van der Waals surface area contributed by atoms with Gasteiger partial charge in [0.15, 0.2) is 0 Å². The zero-order valence-electron chi connectivity index (χ0n) is 11.8.